The van der Waals surface area contributed by atoms with E-state index in [1.807, 2.05) is 0 Å². The zero-order chi connectivity index (χ0) is 87.6. The maximum atomic E-state index is 14.0. The molecule has 0 aromatic heterocycles. The first kappa shape index (κ1) is 104. The van der Waals surface area contributed by atoms with Crippen molar-refractivity contribution < 1.29 is 132 Å². The summed E-state index contributed by atoms with van der Waals surface area (Å²) in [5, 5.41) is 103. The average Bonchev–Trinajstić information content (AvgIpc) is 0.842. The first-order valence-corrected chi connectivity index (χ1v) is 38.1. The summed E-state index contributed by atoms with van der Waals surface area (Å²) in [6.45, 7) is 7.22. The van der Waals surface area contributed by atoms with E-state index < -0.39 is 298 Å². The Kier molecular flexibility index (Phi) is 49.0. The van der Waals surface area contributed by atoms with E-state index in [9.17, 15) is 132 Å². The number of aliphatic carboxylic acids is 3. The quantitative estimate of drug-likeness (QED) is 0.0199. The lowest BCUT2D eigenvalue weighted by atomic mass is 9.99. The smallest absolute Gasteiger partial charge is 0.326 e. The van der Waals surface area contributed by atoms with Crippen LogP contribution in [-0.2, 0) is 95.9 Å². The van der Waals surface area contributed by atoms with Crippen molar-refractivity contribution in [2.45, 2.75) is 223 Å². The number of aliphatic hydroxyl groups is 4. The lowest BCUT2D eigenvalue weighted by Crippen LogP contribution is -2.62. The normalized spacial score (nSPS) is 15.6. The van der Waals surface area contributed by atoms with Gasteiger partial charge in [0.05, 0.1) is 51.4 Å². The number of hydrogen-bond donors (Lipinski definition) is 27. The van der Waals surface area contributed by atoms with Gasteiger partial charge in [-0.1, -0.05) is 48.0 Å². The van der Waals surface area contributed by atoms with E-state index in [1.54, 1.807) is 20.1 Å². The number of aliphatic hydroxyl groups excluding tert-OH is 4. The Morgan fingerprint density at radius 1 is 0.404 bits per heavy atom. The van der Waals surface area contributed by atoms with Crippen LogP contribution < -0.4 is 103 Å². The van der Waals surface area contributed by atoms with Gasteiger partial charge in [-0.3, -0.25) is 91.1 Å². The number of rotatable bonds is 57. The van der Waals surface area contributed by atoms with Crippen LogP contribution in [-0.4, -0.2) is 301 Å². The predicted molar refractivity (Wildman–Crippen MR) is 405 cm³/mol. The fraction of sp³-hybridized carbons (Fsp3) is 0.697. The van der Waals surface area contributed by atoms with E-state index in [2.05, 4.69) is 92.4 Å². The molecule has 0 radical (unpaired) electrons. The molecule has 0 saturated heterocycles. The van der Waals surface area contributed by atoms with Crippen LogP contribution in [0.25, 0.3) is 0 Å². The maximum Gasteiger partial charge on any atom is 0.326 e. The molecule has 0 aromatic rings. The molecule has 646 valence electrons. The van der Waals surface area contributed by atoms with Gasteiger partial charge in [0.25, 0.3) is 0 Å². The van der Waals surface area contributed by atoms with Crippen molar-refractivity contribution in [2.24, 2.45) is 40.7 Å². The van der Waals surface area contributed by atoms with Crippen LogP contribution in [0.3, 0.4) is 0 Å². The number of carbonyl (C=O) groups excluding carboxylic acids is 17. The van der Waals surface area contributed by atoms with Gasteiger partial charge >= 0.3 is 17.9 Å². The molecule has 48 heteroatoms. The van der Waals surface area contributed by atoms with Crippen molar-refractivity contribution in [3.05, 3.63) is 0 Å². The highest BCUT2D eigenvalue weighted by Crippen LogP contribution is 2.13. The minimum atomic E-state index is -2.03. The van der Waals surface area contributed by atoms with Crippen LogP contribution in [0.4, 0.5) is 0 Å². The van der Waals surface area contributed by atoms with Crippen molar-refractivity contribution >= 4 is 143 Å². The molecule has 0 spiro atoms. The summed E-state index contributed by atoms with van der Waals surface area (Å²) >= 11 is 5.32. The number of carboxylic acid groups (broad SMARTS) is 3. The summed E-state index contributed by atoms with van der Waals surface area (Å²) in [4.78, 5) is 263. The Morgan fingerprint density at radius 3 is 1.23 bits per heavy atom. The van der Waals surface area contributed by atoms with Crippen molar-refractivity contribution in [3.8, 4) is 0 Å². The maximum absolute atomic E-state index is 14.0. The molecule has 0 saturated carbocycles. The predicted octanol–water partition coefficient (Wildman–Crippen LogP) is -11.7. The van der Waals surface area contributed by atoms with Crippen molar-refractivity contribution in [1.29, 1.82) is 0 Å². The van der Waals surface area contributed by atoms with Gasteiger partial charge in [-0.2, -0.15) is 24.4 Å². The number of hydrogen-bond acceptors (Lipinski definition) is 28. The zero-order valence-corrected chi connectivity index (χ0v) is 66.4. The summed E-state index contributed by atoms with van der Waals surface area (Å²) in [6, 6.07) is -25.5. The van der Waals surface area contributed by atoms with Gasteiger partial charge in [0.15, 0.2) is 0 Å². The SMILES string of the molecule is CC[C@H](C)[C@H](N)C(=O)N[C@@H](CO)C(=O)N[C@@H](CO)C(=O)N[C@@H](CO)C(=O)N[C@@H](CCCCN)C(=O)N[C@@H](CC(=O)O)C(=O)N[C@@H](CS)C(=O)N[C@@H](CCSC)C(=O)NCC(=O)N[C@@H](CCC(=O)O)C(=O)N[C@@H](C)C(=O)N[C@H](C(=O)N[C@@H](CCC(N)=O)C(=O)N[C@@H](CC(N)=O)C(=O)N[C@H](C(=O)N[C@H](C(=O)O)C(C)C)[C@@H](C)O)C(C)C. The average molecular weight is 1670 g/mol. The van der Waals surface area contributed by atoms with E-state index in [0.29, 0.717) is 6.42 Å². The monoisotopic (exact) mass is 1670 g/mol. The molecule has 17 atom stereocenters. The summed E-state index contributed by atoms with van der Waals surface area (Å²) in [7, 11) is 0. The number of thiol groups is 1. The zero-order valence-electron chi connectivity index (χ0n) is 64.7. The Balaban J connectivity index is 6.52. The first-order valence-electron chi connectivity index (χ1n) is 36.1. The minimum Gasteiger partial charge on any atom is -0.481 e. The molecule has 0 aliphatic carbocycles. The number of carboxylic acids is 3. The van der Waals surface area contributed by atoms with Crippen LogP contribution in [0.15, 0.2) is 0 Å². The van der Waals surface area contributed by atoms with Crippen molar-refractivity contribution in [1.82, 2.24) is 79.8 Å². The second-order valence-corrected chi connectivity index (χ2v) is 28.4. The lowest BCUT2D eigenvalue weighted by molar-refractivity contribution is -0.144. The molecule has 0 fully saturated rings. The highest BCUT2D eigenvalue weighted by Gasteiger charge is 2.40. The molecular formula is C66H113N19O27S2. The number of thioether (sulfide) groups is 1. The highest BCUT2D eigenvalue weighted by molar-refractivity contribution is 7.98. The molecule has 0 unspecified atom stereocenters. The van der Waals surface area contributed by atoms with E-state index in [0.717, 1.165) is 13.8 Å². The van der Waals surface area contributed by atoms with Gasteiger partial charge in [-0.25, -0.2) is 4.79 Å². The molecular weight excluding hydrogens is 1550 g/mol. The molecule has 17 amide bonds. The summed E-state index contributed by atoms with van der Waals surface area (Å²) in [5.74, 6) is -26.5. The molecule has 30 N–H and O–H groups in total. The van der Waals surface area contributed by atoms with Gasteiger partial charge in [0.1, 0.15) is 84.6 Å². The van der Waals surface area contributed by atoms with Crippen molar-refractivity contribution in [3.63, 3.8) is 0 Å². The third-order valence-corrected chi connectivity index (χ3v) is 18.0. The molecule has 0 heterocycles. The molecule has 0 aliphatic heterocycles. The Bertz CT molecular complexity index is 3340. The summed E-state index contributed by atoms with van der Waals surface area (Å²) < 4.78 is 0. The van der Waals surface area contributed by atoms with Gasteiger partial charge in [-0.15, -0.1) is 0 Å². The topological polar surface area (TPSA) is 768 Å². The fourth-order valence-corrected chi connectivity index (χ4v) is 10.7. The number of carbonyl (C=O) groups is 20. The minimum absolute atomic E-state index is 0.0772. The van der Waals surface area contributed by atoms with Gasteiger partial charge < -0.3 is 138 Å². The third-order valence-electron chi connectivity index (χ3n) is 17.0. The highest BCUT2D eigenvalue weighted by atomic mass is 32.2. The van der Waals surface area contributed by atoms with E-state index in [-0.39, 0.29) is 43.9 Å². The standard InChI is InChI=1S/C66H113N19O27S2/c1-10-30(6)48(70)63(108)81-41(26-88)61(106)80-40(25-87)60(105)79-39(24-86)59(104)74-33(13-11-12-19-67)55(100)78-38(22-47(95)96)57(102)82-42(27-113)62(107)75-36(18-20-114-9)53(98)71-23-45(92)73-34(15-17-46(93)94)54(99)72-31(7)52(97)83-49(28(2)3)64(109)76-35(14-16-43(68)90)56(101)77-37(21-44(69)91)58(103)85-51(32(8)89)65(110)84-50(29(4)5)66(111)112/h28-42,48-51,86-89,113H,10-27,67,70H2,1-9H3,(H2,68,90)(H2,69,91)(H,71,98)(H,72,99)(H,73,92)(H,74,104)(H,75,107)(H,76,109)(H,77,101)(H,78,100)(H,79,105)(H,80,106)(H,81,108)(H,82,102)(H,83,97)(H,84,110)(H,85,103)(H,93,94)(H,95,96)(H,111,112)/t30-,31-,32+,33-,34-,35-,36-,37-,38-,39-,40-,41-,42-,48-,49-,50-,51-/m0/s1. The molecule has 0 bridgehead atoms. The Morgan fingerprint density at radius 2 is 0.789 bits per heavy atom. The van der Waals surface area contributed by atoms with Crippen molar-refractivity contribution in [2.75, 3.05) is 50.7 Å². The summed E-state index contributed by atoms with van der Waals surface area (Å²) in [5.41, 5.74) is 22.2. The third kappa shape index (κ3) is 38.6. The second-order valence-electron chi connectivity index (χ2n) is 27.1. The van der Waals surface area contributed by atoms with Crippen LogP contribution >= 0.6 is 24.4 Å². The molecule has 0 rings (SSSR count). The van der Waals surface area contributed by atoms with Crippen LogP contribution in [0, 0.1) is 17.8 Å². The van der Waals surface area contributed by atoms with Crippen LogP contribution in [0.1, 0.15) is 126 Å². The molecule has 46 nitrogen and oxygen atoms in total. The Hall–Kier alpha value is -10.1. The molecule has 0 aromatic carbocycles. The van der Waals surface area contributed by atoms with E-state index in [4.69, 9.17) is 22.9 Å². The van der Waals surface area contributed by atoms with Crippen LogP contribution in [0.2, 0.25) is 0 Å². The van der Waals surface area contributed by atoms with Gasteiger partial charge in [0.2, 0.25) is 100 Å². The number of amides is 17. The largest absolute Gasteiger partial charge is 0.481 e. The lowest BCUT2D eigenvalue weighted by Gasteiger charge is -2.28. The number of primary amides is 2. The van der Waals surface area contributed by atoms with Gasteiger partial charge in [-0.05, 0) is 88.7 Å². The first-order chi connectivity index (χ1) is 53.3. The number of unbranched alkanes of at least 4 members (excludes halogenated alkanes) is 1. The van der Waals surface area contributed by atoms with E-state index >= 15 is 0 Å². The number of nitrogens with two attached hydrogens (primary N) is 4. The van der Waals surface area contributed by atoms with Crippen LogP contribution in [0.5, 0.6) is 0 Å². The second kappa shape index (κ2) is 53.8. The molecule has 114 heavy (non-hydrogen) atoms. The summed E-state index contributed by atoms with van der Waals surface area (Å²) in [6.07, 6.45) is -4.33. The number of nitrogens with one attached hydrogen (secondary N) is 15. The Labute approximate surface area is 665 Å². The molecule has 0 aliphatic rings. The van der Waals surface area contributed by atoms with E-state index in [1.165, 1.54) is 39.5 Å². The fourth-order valence-electron chi connectivity index (χ4n) is 10.0. The van der Waals surface area contributed by atoms with Gasteiger partial charge in [0, 0.05) is 18.6 Å².